The molecule has 0 unspecified atom stereocenters. The molecule has 0 aromatic heterocycles. The van der Waals surface area contributed by atoms with Crippen molar-refractivity contribution in [2.24, 2.45) is 0 Å². The van der Waals surface area contributed by atoms with Gasteiger partial charge in [0.2, 0.25) is 0 Å². The van der Waals surface area contributed by atoms with Gasteiger partial charge in [-0.25, -0.2) is 0 Å². The second-order valence-corrected chi connectivity index (χ2v) is 11.5. The van der Waals surface area contributed by atoms with E-state index in [0.29, 0.717) is 15.8 Å². The van der Waals surface area contributed by atoms with Crippen LogP contribution in [-0.4, -0.2) is 30.0 Å². The minimum Gasteiger partial charge on any atom is -0.0991 e. The summed E-state index contributed by atoms with van der Waals surface area (Å²) in [6.45, 7) is 11.9. The lowest BCUT2D eigenvalue weighted by atomic mass is 10.3. The molecule has 0 bridgehead atoms. The van der Waals surface area contributed by atoms with Crippen LogP contribution in [0.5, 0.6) is 0 Å². The Kier molecular flexibility index (Phi) is 14.5. The summed E-state index contributed by atoms with van der Waals surface area (Å²) in [5, 5.41) is 1.14. The monoisotopic (exact) mass is 304 g/mol. The Hall–Kier alpha value is 0.860. The van der Waals surface area contributed by atoms with E-state index >= 15 is 0 Å². The van der Waals surface area contributed by atoms with Crippen molar-refractivity contribution >= 4 is 15.8 Å². The fourth-order valence-electron chi connectivity index (χ4n) is 2.95. The first-order valence-electron chi connectivity index (χ1n) is 8.73. The Morgan fingerprint density at radius 3 is 1.21 bits per heavy atom. The second-order valence-electron chi connectivity index (χ2n) is 5.69. The van der Waals surface area contributed by atoms with Gasteiger partial charge in [-0.1, -0.05) is 89.0 Å². The van der Waals surface area contributed by atoms with E-state index in [4.69, 9.17) is 0 Å². The van der Waals surface area contributed by atoms with Crippen LogP contribution in [-0.2, 0) is 0 Å². The summed E-state index contributed by atoms with van der Waals surface area (Å²) in [5.41, 5.74) is 0. The minimum absolute atomic E-state index is 0.330. The summed E-state index contributed by atoms with van der Waals surface area (Å²) >= 11 is 0. The maximum Gasteiger partial charge on any atom is -0.000583 e. The van der Waals surface area contributed by atoms with Crippen molar-refractivity contribution < 1.29 is 0 Å². The average Bonchev–Trinajstić information content (AvgIpc) is 2.40. The SMILES string of the molecule is CCCCC(P(CCC)CCC)P(CCC)CCC. The van der Waals surface area contributed by atoms with Crippen molar-refractivity contribution in [2.45, 2.75) is 85.0 Å². The van der Waals surface area contributed by atoms with Crippen molar-refractivity contribution in [1.29, 1.82) is 0 Å². The van der Waals surface area contributed by atoms with Crippen LogP contribution in [0.1, 0.15) is 79.6 Å². The zero-order valence-electron chi connectivity index (χ0n) is 14.2. The van der Waals surface area contributed by atoms with Gasteiger partial charge in [0.25, 0.3) is 0 Å². The molecule has 19 heavy (non-hydrogen) atoms. The summed E-state index contributed by atoms with van der Waals surface area (Å²) in [6, 6.07) is 0. The van der Waals surface area contributed by atoms with Crippen LogP contribution in [0.2, 0.25) is 0 Å². The molecule has 0 aliphatic carbocycles. The molecule has 0 rings (SSSR count). The van der Waals surface area contributed by atoms with Gasteiger partial charge < -0.3 is 0 Å². The smallest absolute Gasteiger partial charge is 0.000583 e. The average molecular weight is 304 g/mol. The molecule has 0 saturated heterocycles. The molecule has 0 fully saturated rings. The number of unbranched alkanes of at least 4 members (excludes halogenated alkanes) is 1. The molecule has 0 spiro atoms. The van der Waals surface area contributed by atoms with Crippen LogP contribution >= 0.6 is 15.8 Å². The van der Waals surface area contributed by atoms with Crippen LogP contribution in [0.25, 0.3) is 0 Å². The highest BCUT2D eigenvalue weighted by molar-refractivity contribution is 7.75. The van der Waals surface area contributed by atoms with Gasteiger partial charge in [0.1, 0.15) is 0 Å². The molecule has 116 valence electrons. The maximum absolute atomic E-state index is 2.39. The van der Waals surface area contributed by atoms with Gasteiger partial charge in [0.05, 0.1) is 0 Å². The highest BCUT2D eigenvalue weighted by atomic mass is 31.2. The highest BCUT2D eigenvalue weighted by Crippen LogP contribution is 2.61. The van der Waals surface area contributed by atoms with Crippen molar-refractivity contribution in [3.05, 3.63) is 0 Å². The predicted molar refractivity (Wildman–Crippen MR) is 97.8 cm³/mol. The van der Waals surface area contributed by atoms with E-state index < -0.39 is 0 Å². The van der Waals surface area contributed by atoms with Crippen molar-refractivity contribution in [1.82, 2.24) is 0 Å². The van der Waals surface area contributed by atoms with Gasteiger partial charge in [0, 0.05) is 0 Å². The fourth-order valence-corrected chi connectivity index (χ4v) is 11.2. The molecular weight excluding hydrogens is 266 g/mol. The van der Waals surface area contributed by atoms with E-state index in [-0.39, 0.29) is 0 Å². The lowest BCUT2D eigenvalue weighted by Gasteiger charge is -2.35. The lowest BCUT2D eigenvalue weighted by Crippen LogP contribution is -2.12. The van der Waals surface area contributed by atoms with E-state index in [1.165, 1.54) is 38.5 Å². The molecule has 0 N–H and O–H groups in total. The first kappa shape index (κ1) is 19.9. The van der Waals surface area contributed by atoms with E-state index in [2.05, 4.69) is 34.6 Å². The minimum atomic E-state index is 0.330. The van der Waals surface area contributed by atoms with Crippen LogP contribution in [0.3, 0.4) is 0 Å². The Morgan fingerprint density at radius 1 is 0.579 bits per heavy atom. The standard InChI is InChI=1S/C17H38P2/c1-6-11-12-17(18(13-7-2)14-8-3)19(15-9-4)16-10-5/h17H,6-16H2,1-5H3. The molecule has 0 heterocycles. The highest BCUT2D eigenvalue weighted by Gasteiger charge is 2.26. The van der Waals surface area contributed by atoms with Gasteiger partial charge in [0.15, 0.2) is 0 Å². The topological polar surface area (TPSA) is 0 Å². The summed E-state index contributed by atoms with van der Waals surface area (Å²) in [5.74, 6) is 0. The molecule has 0 atom stereocenters. The zero-order valence-corrected chi connectivity index (χ0v) is 16.0. The van der Waals surface area contributed by atoms with E-state index in [9.17, 15) is 0 Å². The Balaban J connectivity index is 4.76. The molecular formula is C17H38P2. The van der Waals surface area contributed by atoms with Gasteiger partial charge in [-0.3, -0.25) is 0 Å². The normalized spacial score (nSPS) is 12.0. The third-order valence-electron chi connectivity index (χ3n) is 3.70. The number of hydrogen-bond acceptors (Lipinski definition) is 0. The van der Waals surface area contributed by atoms with Gasteiger partial charge in [-0.2, -0.15) is 0 Å². The molecule has 0 radical (unpaired) electrons. The first-order valence-corrected chi connectivity index (χ1v) is 12.3. The predicted octanol–water partition coefficient (Wildman–Crippen LogP) is 7.11. The quantitative estimate of drug-likeness (QED) is 0.318. The van der Waals surface area contributed by atoms with Crippen LogP contribution < -0.4 is 0 Å². The lowest BCUT2D eigenvalue weighted by molar-refractivity contribution is 0.750. The number of rotatable bonds is 13. The fraction of sp³-hybridized carbons (Fsp3) is 1.00. The zero-order chi connectivity index (χ0) is 14.5. The third-order valence-corrected chi connectivity index (χ3v) is 12.0. The first-order chi connectivity index (χ1) is 9.24. The second kappa shape index (κ2) is 13.8. The molecule has 0 amide bonds. The summed E-state index contributed by atoms with van der Waals surface area (Å²) in [7, 11) is 0.661. The van der Waals surface area contributed by atoms with Crippen molar-refractivity contribution in [2.75, 3.05) is 24.6 Å². The van der Waals surface area contributed by atoms with Gasteiger partial charge in [-0.15, -0.1) is 0 Å². The molecule has 0 nitrogen and oxygen atoms in total. The van der Waals surface area contributed by atoms with Crippen LogP contribution in [0.15, 0.2) is 0 Å². The summed E-state index contributed by atoms with van der Waals surface area (Å²) in [4.78, 5) is 0. The molecule has 2 heteroatoms. The third kappa shape index (κ3) is 8.67. The van der Waals surface area contributed by atoms with Gasteiger partial charge >= 0.3 is 0 Å². The Bertz CT molecular complexity index is 154. The Morgan fingerprint density at radius 2 is 0.947 bits per heavy atom. The van der Waals surface area contributed by atoms with E-state index in [1.807, 2.05) is 0 Å². The summed E-state index contributed by atoms with van der Waals surface area (Å²) < 4.78 is 0. The van der Waals surface area contributed by atoms with E-state index in [1.54, 1.807) is 31.1 Å². The van der Waals surface area contributed by atoms with Crippen LogP contribution in [0, 0.1) is 0 Å². The van der Waals surface area contributed by atoms with E-state index in [0.717, 1.165) is 5.40 Å². The number of hydrogen-bond donors (Lipinski definition) is 0. The molecule has 0 aliphatic heterocycles. The molecule has 0 aromatic carbocycles. The Labute approximate surface area is 126 Å². The van der Waals surface area contributed by atoms with Crippen LogP contribution in [0.4, 0.5) is 0 Å². The molecule has 0 aliphatic rings. The van der Waals surface area contributed by atoms with Gasteiger partial charge in [-0.05, 0) is 36.5 Å². The largest absolute Gasteiger partial charge is 0.0991 e. The van der Waals surface area contributed by atoms with Crippen molar-refractivity contribution in [3.8, 4) is 0 Å². The molecule has 0 aromatic rings. The molecule has 0 saturated carbocycles. The van der Waals surface area contributed by atoms with Crippen molar-refractivity contribution in [3.63, 3.8) is 0 Å². The summed E-state index contributed by atoms with van der Waals surface area (Å²) in [6.07, 6.45) is 16.2. The maximum atomic E-state index is 2.39.